The van der Waals surface area contributed by atoms with Crippen LogP contribution in [0.15, 0.2) is 0 Å². The van der Waals surface area contributed by atoms with E-state index in [1.54, 1.807) is 4.90 Å². The van der Waals surface area contributed by atoms with Crippen LogP contribution in [0.3, 0.4) is 0 Å². The SMILES string of the molecule is CN(CCN)CC1CCN(C(N)=O)C1. The van der Waals surface area contributed by atoms with Gasteiger partial charge in [-0.1, -0.05) is 0 Å². The molecule has 1 unspecified atom stereocenters. The zero-order chi connectivity index (χ0) is 10.6. The average Bonchev–Trinajstić information content (AvgIpc) is 2.53. The molecule has 5 heteroatoms. The topological polar surface area (TPSA) is 75.6 Å². The second-order valence-electron chi connectivity index (χ2n) is 3.99. The highest BCUT2D eigenvalue weighted by atomic mass is 16.2. The average molecular weight is 200 g/mol. The van der Waals surface area contributed by atoms with Gasteiger partial charge in [-0.15, -0.1) is 0 Å². The van der Waals surface area contributed by atoms with Crippen molar-refractivity contribution >= 4 is 6.03 Å². The lowest BCUT2D eigenvalue weighted by atomic mass is 10.1. The van der Waals surface area contributed by atoms with Gasteiger partial charge in [0.1, 0.15) is 0 Å². The Kier molecular flexibility index (Phi) is 4.16. The van der Waals surface area contributed by atoms with Crippen LogP contribution in [0, 0.1) is 5.92 Å². The molecule has 1 aliphatic heterocycles. The van der Waals surface area contributed by atoms with Crippen molar-refractivity contribution in [3.63, 3.8) is 0 Å². The predicted octanol–water partition coefficient (Wildman–Crippen LogP) is -0.722. The van der Waals surface area contributed by atoms with Crippen LogP contribution in [0.1, 0.15) is 6.42 Å². The third-order valence-electron chi connectivity index (χ3n) is 2.68. The molecule has 1 fully saturated rings. The van der Waals surface area contributed by atoms with Crippen molar-refractivity contribution in [1.29, 1.82) is 0 Å². The monoisotopic (exact) mass is 200 g/mol. The third kappa shape index (κ3) is 3.16. The molecule has 0 aromatic heterocycles. The highest BCUT2D eigenvalue weighted by molar-refractivity contribution is 5.72. The fourth-order valence-electron chi connectivity index (χ4n) is 1.93. The van der Waals surface area contributed by atoms with Gasteiger partial charge in [0.25, 0.3) is 0 Å². The molecule has 0 saturated carbocycles. The lowest BCUT2D eigenvalue weighted by Gasteiger charge is -2.20. The number of urea groups is 1. The Morgan fingerprint density at radius 2 is 2.36 bits per heavy atom. The van der Waals surface area contributed by atoms with Gasteiger partial charge in [0.2, 0.25) is 0 Å². The summed E-state index contributed by atoms with van der Waals surface area (Å²) in [5.41, 5.74) is 10.7. The molecule has 0 aliphatic carbocycles. The number of nitrogens with two attached hydrogens (primary N) is 2. The molecule has 82 valence electrons. The van der Waals surface area contributed by atoms with Gasteiger partial charge in [-0.2, -0.15) is 0 Å². The summed E-state index contributed by atoms with van der Waals surface area (Å²) in [6, 6.07) is -0.297. The van der Waals surface area contributed by atoms with Crippen molar-refractivity contribution < 1.29 is 4.79 Å². The fourth-order valence-corrected chi connectivity index (χ4v) is 1.93. The van der Waals surface area contributed by atoms with E-state index in [-0.39, 0.29) is 6.03 Å². The van der Waals surface area contributed by atoms with E-state index in [0.717, 1.165) is 32.6 Å². The van der Waals surface area contributed by atoms with Crippen LogP contribution < -0.4 is 11.5 Å². The number of hydrogen-bond acceptors (Lipinski definition) is 3. The molecule has 1 rings (SSSR count). The van der Waals surface area contributed by atoms with Gasteiger partial charge in [0.15, 0.2) is 0 Å². The predicted molar refractivity (Wildman–Crippen MR) is 55.8 cm³/mol. The summed E-state index contributed by atoms with van der Waals surface area (Å²) in [4.78, 5) is 14.8. The van der Waals surface area contributed by atoms with E-state index in [9.17, 15) is 4.79 Å². The maximum Gasteiger partial charge on any atom is 0.314 e. The van der Waals surface area contributed by atoms with Crippen LogP contribution in [0.4, 0.5) is 4.79 Å². The van der Waals surface area contributed by atoms with E-state index in [2.05, 4.69) is 11.9 Å². The fraction of sp³-hybridized carbons (Fsp3) is 0.889. The second-order valence-corrected chi connectivity index (χ2v) is 3.99. The Hall–Kier alpha value is -0.810. The number of hydrogen-bond donors (Lipinski definition) is 2. The Morgan fingerprint density at radius 3 is 2.86 bits per heavy atom. The molecule has 0 radical (unpaired) electrons. The minimum Gasteiger partial charge on any atom is -0.351 e. The molecule has 5 nitrogen and oxygen atoms in total. The number of carbonyl (C=O) groups is 1. The van der Waals surface area contributed by atoms with Crippen molar-refractivity contribution in [2.75, 3.05) is 39.8 Å². The van der Waals surface area contributed by atoms with Crippen molar-refractivity contribution in [3.8, 4) is 0 Å². The largest absolute Gasteiger partial charge is 0.351 e. The zero-order valence-corrected chi connectivity index (χ0v) is 8.78. The molecule has 0 spiro atoms. The minimum atomic E-state index is -0.297. The molecular formula is C9H20N4O. The Morgan fingerprint density at radius 1 is 1.64 bits per heavy atom. The van der Waals surface area contributed by atoms with E-state index in [4.69, 9.17) is 11.5 Å². The molecule has 1 heterocycles. The van der Waals surface area contributed by atoms with Gasteiger partial charge in [-0.25, -0.2) is 4.79 Å². The number of likely N-dealkylation sites (N-methyl/N-ethyl adjacent to an activating group) is 1. The van der Waals surface area contributed by atoms with E-state index < -0.39 is 0 Å². The first-order valence-electron chi connectivity index (χ1n) is 5.06. The van der Waals surface area contributed by atoms with Crippen LogP contribution >= 0.6 is 0 Å². The first-order chi connectivity index (χ1) is 6.63. The molecule has 14 heavy (non-hydrogen) atoms. The molecule has 1 saturated heterocycles. The molecule has 4 N–H and O–H groups in total. The normalized spacial score (nSPS) is 21.9. The maximum atomic E-state index is 10.9. The van der Waals surface area contributed by atoms with E-state index in [0.29, 0.717) is 12.5 Å². The first-order valence-corrected chi connectivity index (χ1v) is 5.06. The molecule has 0 aromatic carbocycles. The van der Waals surface area contributed by atoms with Crippen LogP contribution in [0.25, 0.3) is 0 Å². The summed E-state index contributed by atoms with van der Waals surface area (Å²) in [5, 5.41) is 0. The first kappa shape index (κ1) is 11.3. The number of likely N-dealkylation sites (tertiary alicyclic amines) is 1. The quantitative estimate of drug-likeness (QED) is 0.628. The summed E-state index contributed by atoms with van der Waals surface area (Å²) >= 11 is 0. The number of amides is 2. The molecule has 1 aliphatic rings. The maximum absolute atomic E-state index is 10.9. The summed E-state index contributed by atoms with van der Waals surface area (Å²) in [5.74, 6) is 0.555. The van der Waals surface area contributed by atoms with Crippen LogP contribution in [-0.2, 0) is 0 Å². The number of nitrogens with zero attached hydrogens (tertiary/aromatic N) is 2. The van der Waals surface area contributed by atoms with Crippen molar-refractivity contribution in [1.82, 2.24) is 9.80 Å². The summed E-state index contributed by atoms with van der Waals surface area (Å²) in [6.45, 7) is 4.19. The zero-order valence-electron chi connectivity index (χ0n) is 8.78. The number of primary amides is 1. The Bertz CT molecular complexity index is 197. The van der Waals surface area contributed by atoms with Gasteiger partial charge < -0.3 is 21.3 Å². The summed E-state index contributed by atoms with van der Waals surface area (Å²) in [6.07, 6.45) is 1.05. The molecular weight excluding hydrogens is 180 g/mol. The molecule has 1 atom stereocenters. The highest BCUT2D eigenvalue weighted by Gasteiger charge is 2.25. The summed E-state index contributed by atoms with van der Waals surface area (Å²) in [7, 11) is 2.06. The van der Waals surface area contributed by atoms with Gasteiger partial charge >= 0.3 is 6.03 Å². The van der Waals surface area contributed by atoms with E-state index >= 15 is 0 Å². The van der Waals surface area contributed by atoms with Crippen molar-refractivity contribution in [2.24, 2.45) is 17.4 Å². The van der Waals surface area contributed by atoms with Crippen molar-refractivity contribution in [2.45, 2.75) is 6.42 Å². The molecule has 2 amide bonds. The van der Waals surface area contributed by atoms with Gasteiger partial charge in [0.05, 0.1) is 0 Å². The van der Waals surface area contributed by atoms with Crippen molar-refractivity contribution in [3.05, 3.63) is 0 Å². The van der Waals surface area contributed by atoms with Gasteiger partial charge in [-0.05, 0) is 19.4 Å². The lowest BCUT2D eigenvalue weighted by Crippen LogP contribution is -2.35. The Balaban J connectivity index is 2.25. The third-order valence-corrected chi connectivity index (χ3v) is 2.68. The highest BCUT2D eigenvalue weighted by Crippen LogP contribution is 2.16. The second kappa shape index (κ2) is 5.17. The number of rotatable bonds is 4. The van der Waals surface area contributed by atoms with Gasteiger partial charge in [-0.3, -0.25) is 0 Å². The van der Waals surface area contributed by atoms with Gasteiger partial charge in [0, 0.05) is 32.7 Å². The molecule has 0 aromatic rings. The summed E-state index contributed by atoms with van der Waals surface area (Å²) < 4.78 is 0. The van der Waals surface area contributed by atoms with Crippen LogP contribution in [0.2, 0.25) is 0 Å². The smallest absolute Gasteiger partial charge is 0.314 e. The Labute approximate surface area is 85.0 Å². The standard InChI is InChI=1S/C9H20N4O/c1-12(5-3-10)6-8-2-4-13(7-8)9(11)14/h8H,2-7,10H2,1H3,(H2,11,14). The van der Waals surface area contributed by atoms with Crippen LogP contribution in [-0.4, -0.2) is 55.6 Å². The minimum absolute atomic E-state index is 0.297. The van der Waals surface area contributed by atoms with E-state index in [1.807, 2.05) is 0 Å². The number of carbonyl (C=O) groups excluding carboxylic acids is 1. The lowest BCUT2D eigenvalue weighted by molar-refractivity contribution is 0.214. The molecule has 0 bridgehead atoms. The van der Waals surface area contributed by atoms with E-state index in [1.165, 1.54) is 0 Å². The van der Waals surface area contributed by atoms with Crippen LogP contribution in [0.5, 0.6) is 0 Å².